The Kier molecular flexibility index (Phi) is 4.55. The van der Waals surface area contributed by atoms with Gasteiger partial charge in [0.25, 0.3) is 0 Å². The summed E-state index contributed by atoms with van der Waals surface area (Å²) in [5.74, 6) is -0.923. The molecule has 1 unspecified atom stereocenters. The molecule has 0 spiro atoms. The van der Waals surface area contributed by atoms with Gasteiger partial charge in [0.05, 0.1) is 12.6 Å². The van der Waals surface area contributed by atoms with Crippen molar-refractivity contribution in [2.75, 3.05) is 0 Å². The van der Waals surface area contributed by atoms with Crippen LogP contribution in [-0.2, 0) is 6.54 Å². The number of nitrogens with zero attached hydrogens (tertiary/aromatic N) is 1. The lowest BCUT2D eigenvalue weighted by molar-refractivity contribution is 0.0660. The molecule has 7 heteroatoms. The van der Waals surface area contributed by atoms with E-state index in [-0.39, 0.29) is 24.4 Å². The minimum Gasteiger partial charge on any atom is -0.475 e. The Morgan fingerprint density at radius 1 is 1.29 bits per heavy atom. The van der Waals surface area contributed by atoms with Crippen LogP contribution in [0.25, 0.3) is 0 Å². The summed E-state index contributed by atoms with van der Waals surface area (Å²) in [6.45, 7) is 1.96. The van der Waals surface area contributed by atoms with Crippen LogP contribution < -0.4 is 10.6 Å². The zero-order valence-corrected chi connectivity index (χ0v) is 11.4. The third kappa shape index (κ3) is 4.07. The van der Waals surface area contributed by atoms with E-state index in [0.717, 1.165) is 5.56 Å². The van der Waals surface area contributed by atoms with E-state index < -0.39 is 5.97 Å². The molecule has 1 atom stereocenters. The fraction of sp³-hybridized carbons (Fsp3) is 0.214. The van der Waals surface area contributed by atoms with Gasteiger partial charge in [-0.15, -0.1) is 0 Å². The van der Waals surface area contributed by atoms with Gasteiger partial charge < -0.3 is 20.2 Å². The fourth-order valence-electron chi connectivity index (χ4n) is 1.74. The molecular weight excluding hydrogens is 274 g/mol. The second-order valence-corrected chi connectivity index (χ2v) is 4.40. The van der Waals surface area contributed by atoms with Gasteiger partial charge in [0, 0.05) is 12.4 Å². The van der Waals surface area contributed by atoms with Crippen LogP contribution in [0.15, 0.2) is 41.1 Å². The average Bonchev–Trinajstić information content (AvgIpc) is 2.95. The van der Waals surface area contributed by atoms with Crippen molar-refractivity contribution in [2.24, 2.45) is 0 Å². The van der Waals surface area contributed by atoms with Gasteiger partial charge in [-0.3, -0.25) is 4.98 Å². The molecule has 21 heavy (non-hydrogen) atoms. The summed E-state index contributed by atoms with van der Waals surface area (Å²) in [6.07, 6.45) is 3.31. The van der Waals surface area contributed by atoms with Crippen LogP contribution in [-0.4, -0.2) is 22.1 Å². The number of nitrogens with one attached hydrogen (secondary N) is 2. The van der Waals surface area contributed by atoms with Crippen molar-refractivity contribution in [1.29, 1.82) is 0 Å². The largest absolute Gasteiger partial charge is 0.475 e. The first-order valence-corrected chi connectivity index (χ1v) is 6.32. The van der Waals surface area contributed by atoms with Crippen LogP contribution in [0.4, 0.5) is 4.79 Å². The molecule has 0 saturated carbocycles. The summed E-state index contributed by atoms with van der Waals surface area (Å²) in [4.78, 5) is 26.3. The van der Waals surface area contributed by atoms with E-state index in [4.69, 9.17) is 9.52 Å². The Labute approximate surface area is 121 Å². The van der Waals surface area contributed by atoms with Gasteiger partial charge in [-0.25, -0.2) is 9.59 Å². The Morgan fingerprint density at radius 2 is 2.00 bits per heavy atom. The van der Waals surface area contributed by atoms with Gasteiger partial charge in [-0.2, -0.15) is 0 Å². The Bertz CT molecular complexity index is 624. The Hall–Kier alpha value is -2.83. The van der Waals surface area contributed by atoms with Crippen molar-refractivity contribution in [3.8, 4) is 0 Å². The number of hydrogen-bond donors (Lipinski definition) is 3. The summed E-state index contributed by atoms with van der Waals surface area (Å²) in [5.41, 5.74) is 0.936. The third-order valence-corrected chi connectivity index (χ3v) is 2.85. The van der Waals surface area contributed by atoms with Crippen LogP contribution in [0.5, 0.6) is 0 Å². The average molecular weight is 289 g/mol. The van der Waals surface area contributed by atoms with Crippen LogP contribution in [0.1, 0.15) is 34.8 Å². The van der Waals surface area contributed by atoms with Crippen molar-refractivity contribution in [3.05, 3.63) is 53.7 Å². The normalized spacial score (nSPS) is 11.7. The van der Waals surface area contributed by atoms with Crippen LogP contribution in [0.3, 0.4) is 0 Å². The molecule has 0 aliphatic rings. The van der Waals surface area contributed by atoms with Gasteiger partial charge in [0.15, 0.2) is 0 Å². The molecule has 0 aliphatic heterocycles. The maximum Gasteiger partial charge on any atom is 0.371 e. The summed E-state index contributed by atoms with van der Waals surface area (Å²) in [7, 11) is 0. The number of aromatic nitrogens is 1. The third-order valence-electron chi connectivity index (χ3n) is 2.85. The number of urea groups is 1. The molecule has 2 heterocycles. The number of carbonyl (C=O) groups is 2. The second kappa shape index (κ2) is 6.56. The predicted molar refractivity (Wildman–Crippen MR) is 73.7 cm³/mol. The minimum atomic E-state index is -1.14. The molecular formula is C14H15N3O4. The van der Waals surface area contributed by atoms with Crippen LogP contribution >= 0.6 is 0 Å². The lowest BCUT2D eigenvalue weighted by Crippen LogP contribution is -2.36. The van der Waals surface area contributed by atoms with E-state index in [9.17, 15) is 9.59 Å². The molecule has 2 amide bonds. The topological polar surface area (TPSA) is 104 Å². The molecule has 7 nitrogen and oxygen atoms in total. The first kappa shape index (κ1) is 14.6. The van der Waals surface area contributed by atoms with Crippen LogP contribution in [0, 0.1) is 0 Å². The van der Waals surface area contributed by atoms with Crippen molar-refractivity contribution in [2.45, 2.75) is 19.5 Å². The summed E-state index contributed by atoms with van der Waals surface area (Å²) in [5, 5.41) is 14.1. The van der Waals surface area contributed by atoms with E-state index in [1.165, 1.54) is 12.1 Å². The molecule has 110 valence electrons. The van der Waals surface area contributed by atoms with Gasteiger partial charge in [0.2, 0.25) is 5.76 Å². The lowest BCUT2D eigenvalue weighted by atomic mass is 10.1. The monoisotopic (exact) mass is 289 g/mol. The van der Waals surface area contributed by atoms with E-state index in [0.29, 0.717) is 5.76 Å². The molecule has 2 rings (SSSR count). The highest BCUT2D eigenvalue weighted by Crippen LogP contribution is 2.10. The molecule has 0 aromatic carbocycles. The SMILES string of the molecule is CC(NC(=O)NCc1ccc(C(=O)O)o1)c1ccncc1. The summed E-state index contributed by atoms with van der Waals surface area (Å²) >= 11 is 0. The highest BCUT2D eigenvalue weighted by Gasteiger charge is 2.11. The summed E-state index contributed by atoms with van der Waals surface area (Å²) < 4.78 is 5.03. The molecule has 0 bridgehead atoms. The second-order valence-electron chi connectivity index (χ2n) is 4.40. The van der Waals surface area contributed by atoms with Crippen molar-refractivity contribution in [1.82, 2.24) is 15.6 Å². The molecule has 2 aromatic rings. The zero-order valence-electron chi connectivity index (χ0n) is 11.4. The van der Waals surface area contributed by atoms with Crippen LogP contribution in [0.2, 0.25) is 0 Å². The molecule has 0 saturated heterocycles. The standard InChI is InChI=1S/C14H15N3O4/c1-9(10-4-6-15-7-5-10)17-14(20)16-8-11-2-3-12(21-11)13(18)19/h2-7,9H,8H2,1H3,(H,18,19)(H2,16,17,20). The highest BCUT2D eigenvalue weighted by molar-refractivity contribution is 5.84. The first-order chi connectivity index (χ1) is 10.1. The van der Waals surface area contributed by atoms with Gasteiger partial charge in [-0.05, 0) is 36.8 Å². The molecule has 2 aromatic heterocycles. The fourth-order valence-corrected chi connectivity index (χ4v) is 1.74. The number of carbonyl (C=O) groups excluding carboxylic acids is 1. The smallest absolute Gasteiger partial charge is 0.371 e. The predicted octanol–water partition coefficient (Wildman–Crippen LogP) is 1.93. The van der Waals surface area contributed by atoms with Crippen molar-refractivity contribution < 1.29 is 19.1 Å². The van der Waals surface area contributed by atoms with E-state index in [1.54, 1.807) is 12.4 Å². The minimum absolute atomic E-state index is 0.113. The number of hydrogen-bond acceptors (Lipinski definition) is 4. The van der Waals surface area contributed by atoms with E-state index in [1.807, 2.05) is 19.1 Å². The Balaban J connectivity index is 1.83. The summed E-state index contributed by atoms with van der Waals surface area (Å²) in [6, 6.07) is 5.95. The van der Waals surface area contributed by atoms with E-state index >= 15 is 0 Å². The maximum atomic E-state index is 11.7. The van der Waals surface area contributed by atoms with E-state index in [2.05, 4.69) is 15.6 Å². The molecule has 3 N–H and O–H groups in total. The number of furan rings is 1. The Morgan fingerprint density at radius 3 is 2.62 bits per heavy atom. The highest BCUT2D eigenvalue weighted by atomic mass is 16.4. The number of carboxylic acids is 1. The van der Waals surface area contributed by atoms with Gasteiger partial charge >= 0.3 is 12.0 Å². The molecule has 0 aliphatic carbocycles. The number of aromatic carboxylic acids is 1. The number of amides is 2. The van der Waals surface area contributed by atoms with Crippen molar-refractivity contribution >= 4 is 12.0 Å². The quantitative estimate of drug-likeness (QED) is 0.780. The maximum absolute atomic E-state index is 11.7. The number of carboxylic acid groups (broad SMARTS) is 1. The zero-order chi connectivity index (χ0) is 15.2. The number of pyridine rings is 1. The van der Waals surface area contributed by atoms with Gasteiger partial charge in [-0.1, -0.05) is 0 Å². The molecule has 0 fully saturated rings. The molecule has 0 radical (unpaired) electrons. The number of rotatable bonds is 5. The van der Waals surface area contributed by atoms with Gasteiger partial charge in [0.1, 0.15) is 5.76 Å². The first-order valence-electron chi connectivity index (χ1n) is 6.32. The van der Waals surface area contributed by atoms with Crippen molar-refractivity contribution in [3.63, 3.8) is 0 Å². The lowest BCUT2D eigenvalue weighted by Gasteiger charge is -2.14.